The highest BCUT2D eigenvalue weighted by molar-refractivity contribution is 5.74. The van der Waals surface area contributed by atoms with Crippen LogP contribution in [0.4, 0.5) is 4.79 Å². The van der Waals surface area contributed by atoms with Crippen LogP contribution in [-0.2, 0) is 6.42 Å². The number of aromatic amines is 1. The van der Waals surface area contributed by atoms with Crippen LogP contribution in [0.25, 0.3) is 16.9 Å². The number of carbonyl (C=O) groups excluding carboxylic acids is 1. The number of nitrogens with zero attached hydrogens (tertiary/aromatic N) is 4. The maximum Gasteiger partial charge on any atom is 0.341 e. The minimum Gasteiger partial charge on any atom is -0.350 e. The van der Waals surface area contributed by atoms with Crippen molar-refractivity contribution in [1.29, 1.82) is 0 Å². The summed E-state index contributed by atoms with van der Waals surface area (Å²) >= 11 is 0. The molecular weight excluding hydrogens is 284 g/mol. The fourth-order valence-corrected chi connectivity index (χ4v) is 2.23. The minimum atomic E-state index is -0.866. The van der Waals surface area contributed by atoms with Crippen molar-refractivity contribution in [3.63, 3.8) is 0 Å². The summed E-state index contributed by atoms with van der Waals surface area (Å²) in [4.78, 5) is 23.5. The molecule has 0 saturated heterocycles. The third kappa shape index (κ3) is 2.20. The van der Waals surface area contributed by atoms with Crippen LogP contribution >= 0.6 is 0 Å². The Balaban J connectivity index is 2.11. The van der Waals surface area contributed by atoms with Gasteiger partial charge in [-0.1, -0.05) is 42.5 Å². The van der Waals surface area contributed by atoms with Crippen LogP contribution in [0.1, 0.15) is 12.6 Å². The van der Waals surface area contributed by atoms with Crippen molar-refractivity contribution >= 4 is 6.03 Å². The van der Waals surface area contributed by atoms with E-state index in [1.807, 2.05) is 37.3 Å². The van der Waals surface area contributed by atoms with Crippen molar-refractivity contribution in [2.45, 2.75) is 13.3 Å². The van der Waals surface area contributed by atoms with Crippen LogP contribution in [0.3, 0.4) is 0 Å². The molecule has 0 aliphatic rings. The van der Waals surface area contributed by atoms with Crippen LogP contribution in [-0.4, -0.2) is 30.8 Å². The number of nitrogens with one attached hydrogen (secondary N) is 1. The van der Waals surface area contributed by atoms with Gasteiger partial charge in [0, 0.05) is 5.56 Å². The van der Waals surface area contributed by atoms with Crippen LogP contribution in [0, 0.1) is 0 Å². The number of primary amides is 1. The second-order valence-electron chi connectivity index (χ2n) is 4.69. The van der Waals surface area contributed by atoms with E-state index >= 15 is 0 Å². The molecule has 1 aromatic carbocycles. The number of nitrogens with two attached hydrogens (primary N) is 1. The SMILES string of the molecule is CCc1[nH]n(C(N)=O)c(=O)c1-n1cc(-c2ccccc2)nn1. The molecule has 0 aliphatic carbocycles. The van der Waals surface area contributed by atoms with Gasteiger partial charge in [0.15, 0.2) is 5.69 Å². The highest BCUT2D eigenvalue weighted by Crippen LogP contribution is 2.17. The number of benzene rings is 1. The predicted molar refractivity (Wildman–Crippen MR) is 79.8 cm³/mol. The lowest BCUT2D eigenvalue weighted by atomic mass is 10.2. The van der Waals surface area contributed by atoms with Crippen LogP contribution < -0.4 is 11.3 Å². The highest BCUT2D eigenvalue weighted by atomic mass is 16.2. The topological polar surface area (TPSA) is 112 Å². The Bertz CT molecular complexity index is 874. The van der Waals surface area contributed by atoms with Crippen molar-refractivity contribution in [1.82, 2.24) is 24.8 Å². The number of H-pyrrole nitrogens is 1. The van der Waals surface area contributed by atoms with Gasteiger partial charge in [-0.2, -0.15) is 4.68 Å². The molecule has 1 amide bonds. The van der Waals surface area contributed by atoms with E-state index in [0.29, 0.717) is 17.8 Å². The Hall–Kier alpha value is -3.16. The van der Waals surface area contributed by atoms with Gasteiger partial charge < -0.3 is 5.73 Å². The summed E-state index contributed by atoms with van der Waals surface area (Å²) in [5, 5.41) is 10.7. The molecule has 3 rings (SSSR count). The first-order chi connectivity index (χ1) is 10.6. The monoisotopic (exact) mass is 298 g/mol. The van der Waals surface area contributed by atoms with E-state index in [-0.39, 0.29) is 5.69 Å². The van der Waals surface area contributed by atoms with E-state index in [4.69, 9.17) is 5.73 Å². The Morgan fingerprint density at radius 2 is 2.05 bits per heavy atom. The molecule has 2 aromatic heterocycles. The highest BCUT2D eigenvalue weighted by Gasteiger charge is 2.19. The van der Waals surface area contributed by atoms with E-state index in [1.54, 1.807) is 6.20 Å². The van der Waals surface area contributed by atoms with Gasteiger partial charge in [0.05, 0.1) is 11.9 Å². The average molecular weight is 298 g/mol. The first kappa shape index (κ1) is 13.8. The quantitative estimate of drug-likeness (QED) is 0.748. The maximum atomic E-state index is 12.3. The molecule has 0 aliphatic heterocycles. The van der Waals surface area contributed by atoms with Gasteiger partial charge in [-0.15, -0.1) is 5.10 Å². The van der Waals surface area contributed by atoms with Gasteiger partial charge in [-0.3, -0.25) is 9.89 Å². The van der Waals surface area contributed by atoms with Crippen molar-refractivity contribution in [2.24, 2.45) is 5.73 Å². The number of aryl methyl sites for hydroxylation is 1. The van der Waals surface area contributed by atoms with Crippen molar-refractivity contribution in [3.8, 4) is 16.9 Å². The molecular formula is C14H14N6O2. The smallest absolute Gasteiger partial charge is 0.341 e. The van der Waals surface area contributed by atoms with Crippen LogP contribution in [0.2, 0.25) is 0 Å². The molecule has 0 radical (unpaired) electrons. The zero-order valence-corrected chi connectivity index (χ0v) is 11.9. The first-order valence-corrected chi connectivity index (χ1v) is 6.73. The summed E-state index contributed by atoms with van der Waals surface area (Å²) in [5.41, 5.74) is 6.96. The Morgan fingerprint density at radius 3 is 2.68 bits per heavy atom. The summed E-state index contributed by atoms with van der Waals surface area (Å²) in [6, 6.07) is 8.61. The van der Waals surface area contributed by atoms with Gasteiger partial charge in [0.2, 0.25) is 0 Å². The molecule has 112 valence electrons. The Labute approximate surface area is 125 Å². The van der Waals surface area contributed by atoms with Gasteiger partial charge in [0.1, 0.15) is 5.69 Å². The number of hydrogen-bond acceptors (Lipinski definition) is 4. The Morgan fingerprint density at radius 1 is 1.32 bits per heavy atom. The van der Waals surface area contributed by atoms with E-state index in [0.717, 1.165) is 10.2 Å². The number of amides is 1. The summed E-state index contributed by atoms with van der Waals surface area (Å²) in [6.45, 7) is 1.86. The van der Waals surface area contributed by atoms with Gasteiger partial charge in [-0.25, -0.2) is 9.48 Å². The number of rotatable bonds is 3. The lowest BCUT2D eigenvalue weighted by Crippen LogP contribution is -2.31. The average Bonchev–Trinajstić information content (AvgIpc) is 3.12. The van der Waals surface area contributed by atoms with Crippen LogP contribution in [0.5, 0.6) is 0 Å². The molecule has 0 spiro atoms. The molecule has 0 bridgehead atoms. The van der Waals surface area contributed by atoms with Crippen LogP contribution in [0.15, 0.2) is 41.3 Å². The fourth-order valence-electron chi connectivity index (χ4n) is 2.23. The minimum absolute atomic E-state index is 0.246. The summed E-state index contributed by atoms with van der Waals surface area (Å²) in [5.74, 6) is 0. The van der Waals surface area contributed by atoms with Gasteiger partial charge in [-0.05, 0) is 6.42 Å². The second kappa shape index (κ2) is 5.32. The zero-order chi connectivity index (χ0) is 15.7. The molecule has 0 atom stereocenters. The van der Waals surface area contributed by atoms with Gasteiger partial charge >= 0.3 is 11.6 Å². The van der Waals surface area contributed by atoms with E-state index in [1.165, 1.54) is 4.68 Å². The lowest BCUT2D eigenvalue weighted by Gasteiger charge is -1.97. The summed E-state index contributed by atoms with van der Waals surface area (Å²) in [7, 11) is 0. The normalized spacial score (nSPS) is 10.8. The predicted octanol–water partition coefficient (Wildman–Crippen LogP) is 0.913. The molecule has 3 aromatic rings. The molecule has 3 N–H and O–H groups in total. The van der Waals surface area contributed by atoms with E-state index < -0.39 is 11.6 Å². The molecule has 0 fully saturated rings. The summed E-state index contributed by atoms with van der Waals surface area (Å²) in [6.07, 6.45) is 2.16. The molecule has 0 unspecified atom stereocenters. The lowest BCUT2D eigenvalue weighted by molar-refractivity contribution is 0.247. The second-order valence-corrected chi connectivity index (χ2v) is 4.69. The third-order valence-electron chi connectivity index (χ3n) is 3.30. The van der Waals surface area contributed by atoms with Crippen molar-refractivity contribution in [3.05, 3.63) is 52.6 Å². The maximum absolute atomic E-state index is 12.3. The molecule has 8 heteroatoms. The molecule has 22 heavy (non-hydrogen) atoms. The molecule has 2 heterocycles. The van der Waals surface area contributed by atoms with E-state index in [2.05, 4.69) is 15.4 Å². The largest absolute Gasteiger partial charge is 0.350 e. The molecule has 0 saturated carbocycles. The third-order valence-corrected chi connectivity index (χ3v) is 3.30. The number of hydrogen-bond donors (Lipinski definition) is 2. The van der Waals surface area contributed by atoms with E-state index in [9.17, 15) is 9.59 Å². The Kier molecular flexibility index (Phi) is 3.34. The van der Waals surface area contributed by atoms with Crippen molar-refractivity contribution in [2.75, 3.05) is 0 Å². The summed E-state index contributed by atoms with van der Waals surface area (Å²) < 4.78 is 2.12. The van der Waals surface area contributed by atoms with Gasteiger partial charge in [0.25, 0.3) is 0 Å². The zero-order valence-electron chi connectivity index (χ0n) is 11.9. The first-order valence-electron chi connectivity index (χ1n) is 6.73. The number of carbonyl (C=O) groups is 1. The standard InChI is InChI=1S/C14H14N6O2/c1-2-10-12(13(21)20(17-10)14(15)22)19-8-11(16-18-19)9-6-4-3-5-7-9/h3-8,17H,2H2,1H3,(H2,15,22). The number of aromatic nitrogens is 5. The van der Waals surface area contributed by atoms with Crippen molar-refractivity contribution < 1.29 is 4.79 Å². The molecule has 8 nitrogen and oxygen atoms in total. The fraction of sp³-hybridized carbons (Fsp3) is 0.143.